The molecular formula is C8H8N2O2. The van der Waals surface area contributed by atoms with Gasteiger partial charge >= 0.3 is 5.97 Å². The highest BCUT2D eigenvalue weighted by Gasteiger charge is 2.28. The molecule has 1 N–H and O–H groups in total. The molecule has 1 aliphatic carbocycles. The van der Waals surface area contributed by atoms with Gasteiger partial charge in [0, 0.05) is 25.2 Å². The average molecular weight is 164 g/mol. The maximum absolute atomic E-state index is 10.6. The van der Waals surface area contributed by atoms with Crippen molar-refractivity contribution in [2.24, 2.45) is 5.92 Å². The van der Waals surface area contributed by atoms with E-state index in [9.17, 15) is 4.79 Å². The average Bonchev–Trinajstić information content (AvgIpc) is 2.46. The van der Waals surface area contributed by atoms with Crippen LogP contribution in [0.4, 0.5) is 0 Å². The molecular weight excluding hydrogens is 156 g/mol. The number of rotatable bonds is 1. The molecule has 2 rings (SSSR count). The molecule has 1 heterocycles. The molecule has 62 valence electrons. The fourth-order valence-electron chi connectivity index (χ4n) is 1.45. The summed E-state index contributed by atoms with van der Waals surface area (Å²) in [5.41, 5.74) is 1.68. The van der Waals surface area contributed by atoms with E-state index in [1.54, 1.807) is 12.4 Å². The summed E-state index contributed by atoms with van der Waals surface area (Å²) in [5, 5.41) is 8.73. The topological polar surface area (TPSA) is 63.1 Å². The summed E-state index contributed by atoms with van der Waals surface area (Å²) in [6.07, 6.45) is 4.25. The number of hydrogen-bond donors (Lipinski definition) is 1. The minimum absolute atomic E-state index is 0.317. The number of carbonyl (C=O) groups is 1. The molecule has 0 atom stereocenters. The quantitative estimate of drug-likeness (QED) is 0.647. The van der Waals surface area contributed by atoms with E-state index >= 15 is 0 Å². The number of hydrogen-bond acceptors (Lipinski definition) is 3. The van der Waals surface area contributed by atoms with Crippen molar-refractivity contribution in [2.75, 3.05) is 0 Å². The van der Waals surface area contributed by atoms with Crippen LogP contribution in [0.25, 0.3) is 0 Å². The van der Waals surface area contributed by atoms with Crippen LogP contribution in [-0.4, -0.2) is 21.0 Å². The number of aromatic nitrogens is 2. The molecule has 0 amide bonds. The lowest BCUT2D eigenvalue weighted by Crippen LogP contribution is -2.13. The highest BCUT2D eigenvalue weighted by atomic mass is 16.4. The molecule has 12 heavy (non-hydrogen) atoms. The monoisotopic (exact) mass is 164 g/mol. The Hall–Kier alpha value is -1.45. The van der Waals surface area contributed by atoms with E-state index in [0.29, 0.717) is 12.8 Å². The van der Waals surface area contributed by atoms with Crippen LogP contribution in [0.2, 0.25) is 0 Å². The summed E-state index contributed by atoms with van der Waals surface area (Å²) in [7, 11) is 0. The molecule has 4 heteroatoms. The number of nitrogens with zero attached hydrogens (tertiary/aromatic N) is 2. The van der Waals surface area contributed by atoms with Crippen LogP contribution in [0.15, 0.2) is 12.4 Å². The summed E-state index contributed by atoms with van der Waals surface area (Å²) >= 11 is 0. The first kappa shape index (κ1) is 7.21. The molecule has 0 unspecified atom stereocenters. The van der Waals surface area contributed by atoms with Crippen molar-refractivity contribution < 1.29 is 9.90 Å². The second-order valence-electron chi connectivity index (χ2n) is 2.89. The summed E-state index contributed by atoms with van der Waals surface area (Å²) < 4.78 is 0. The third kappa shape index (κ3) is 1.05. The molecule has 1 aromatic rings. The first-order valence-corrected chi connectivity index (χ1v) is 3.79. The molecule has 0 fully saturated rings. The van der Waals surface area contributed by atoms with Gasteiger partial charge in [0.2, 0.25) is 0 Å². The van der Waals surface area contributed by atoms with Gasteiger partial charge in [0.15, 0.2) is 0 Å². The second-order valence-corrected chi connectivity index (χ2v) is 2.89. The van der Waals surface area contributed by atoms with Gasteiger partial charge in [-0.15, -0.1) is 0 Å². The smallest absolute Gasteiger partial charge is 0.307 e. The zero-order valence-corrected chi connectivity index (χ0v) is 6.40. The van der Waals surface area contributed by atoms with Crippen LogP contribution in [0.3, 0.4) is 0 Å². The lowest BCUT2D eigenvalue weighted by Gasteiger charge is -1.97. The number of aliphatic carboxylic acids is 1. The fraction of sp³-hybridized carbons (Fsp3) is 0.375. The Morgan fingerprint density at radius 3 is 2.25 bits per heavy atom. The van der Waals surface area contributed by atoms with Gasteiger partial charge in [0.05, 0.1) is 17.3 Å². The van der Waals surface area contributed by atoms with Crippen LogP contribution in [-0.2, 0) is 17.6 Å². The minimum Gasteiger partial charge on any atom is -0.481 e. The highest BCUT2D eigenvalue weighted by Crippen LogP contribution is 2.22. The van der Waals surface area contributed by atoms with Crippen LogP contribution in [0.1, 0.15) is 11.4 Å². The molecule has 1 aromatic heterocycles. The van der Waals surface area contributed by atoms with E-state index < -0.39 is 5.97 Å². The summed E-state index contributed by atoms with van der Waals surface area (Å²) in [6.45, 7) is 0. The van der Waals surface area contributed by atoms with Crippen molar-refractivity contribution in [3.05, 3.63) is 23.8 Å². The SMILES string of the molecule is O=C(O)C1Cc2nccnc2C1. The normalized spacial score (nSPS) is 16.0. The fourth-order valence-corrected chi connectivity index (χ4v) is 1.45. The number of carboxylic acid groups (broad SMARTS) is 1. The minimum atomic E-state index is -0.755. The van der Waals surface area contributed by atoms with Crippen molar-refractivity contribution in [2.45, 2.75) is 12.8 Å². The maximum Gasteiger partial charge on any atom is 0.307 e. The van der Waals surface area contributed by atoms with E-state index in [0.717, 1.165) is 11.4 Å². The molecule has 0 aliphatic heterocycles. The Morgan fingerprint density at radius 1 is 1.33 bits per heavy atom. The molecule has 0 radical (unpaired) electrons. The molecule has 0 aromatic carbocycles. The molecule has 0 spiro atoms. The van der Waals surface area contributed by atoms with Crippen molar-refractivity contribution in [1.29, 1.82) is 0 Å². The van der Waals surface area contributed by atoms with E-state index in [4.69, 9.17) is 5.11 Å². The Bertz CT molecular complexity index is 300. The molecule has 4 nitrogen and oxygen atoms in total. The summed E-state index contributed by atoms with van der Waals surface area (Å²) in [5.74, 6) is -1.07. The van der Waals surface area contributed by atoms with Gasteiger partial charge in [-0.05, 0) is 0 Å². The molecule has 0 saturated heterocycles. The van der Waals surface area contributed by atoms with E-state index in [-0.39, 0.29) is 5.92 Å². The zero-order valence-electron chi connectivity index (χ0n) is 6.40. The zero-order chi connectivity index (χ0) is 8.55. The van der Waals surface area contributed by atoms with Gasteiger partial charge in [-0.25, -0.2) is 0 Å². The standard InChI is InChI=1S/C8H8N2O2/c11-8(12)5-3-6-7(4-5)10-2-1-9-6/h1-2,5H,3-4H2,(H,11,12). The Morgan fingerprint density at radius 2 is 1.83 bits per heavy atom. The van der Waals surface area contributed by atoms with E-state index in [2.05, 4.69) is 9.97 Å². The Balaban J connectivity index is 2.27. The Labute approximate surface area is 69.3 Å². The van der Waals surface area contributed by atoms with Gasteiger partial charge in [-0.1, -0.05) is 0 Å². The van der Waals surface area contributed by atoms with Gasteiger partial charge in [-0.3, -0.25) is 14.8 Å². The first-order chi connectivity index (χ1) is 5.77. The van der Waals surface area contributed by atoms with Crippen molar-refractivity contribution in [3.63, 3.8) is 0 Å². The number of fused-ring (bicyclic) bond motifs is 1. The van der Waals surface area contributed by atoms with Crippen molar-refractivity contribution >= 4 is 5.97 Å². The van der Waals surface area contributed by atoms with Crippen LogP contribution in [0, 0.1) is 5.92 Å². The highest BCUT2D eigenvalue weighted by molar-refractivity contribution is 5.71. The lowest BCUT2D eigenvalue weighted by atomic mass is 10.1. The lowest BCUT2D eigenvalue weighted by molar-refractivity contribution is -0.141. The van der Waals surface area contributed by atoms with Crippen molar-refractivity contribution in [3.8, 4) is 0 Å². The third-order valence-corrected chi connectivity index (χ3v) is 2.09. The van der Waals surface area contributed by atoms with Gasteiger partial charge in [0.25, 0.3) is 0 Å². The first-order valence-electron chi connectivity index (χ1n) is 3.79. The van der Waals surface area contributed by atoms with Crippen molar-refractivity contribution in [1.82, 2.24) is 9.97 Å². The maximum atomic E-state index is 10.6. The predicted molar refractivity (Wildman–Crippen MR) is 40.6 cm³/mol. The third-order valence-electron chi connectivity index (χ3n) is 2.09. The molecule has 0 saturated carbocycles. The van der Waals surface area contributed by atoms with Crippen LogP contribution < -0.4 is 0 Å². The number of carboxylic acids is 1. The largest absolute Gasteiger partial charge is 0.481 e. The molecule has 0 bridgehead atoms. The van der Waals surface area contributed by atoms with Crippen LogP contribution >= 0.6 is 0 Å². The summed E-state index contributed by atoms with van der Waals surface area (Å²) in [4.78, 5) is 18.7. The second kappa shape index (κ2) is 2.55. The molecule has 1 aliphatic rings. The van der Waals surface area contributed by atoms with Gasteiger partial charge in [-0.2, -0.15) is 0 Å². The van der Waals surface area contributed by atoms with E-state index in [1.165, 1.54) is 0 Å². The Kier molecular flexibility index (Phi) is 1.53. The van der Waals surface area contributed by atoms with Gasteiger partial charge in [0.1, 0.15) is 0 Å². The summed E-state index contributed by atoms with van der Waals surface area (Å²) in [6, 6.07) is 0. The predicted octanol–water partition coefficient (Wildman–Crippen LogP) is 0.276. The van der Waals surface area contributed by atoms with Gasteiger partial charge < -0.3 is 5.11 Å². The van der Waals surface area contributed by atoms with Crippen LogP contribution in [0.5, 0.6) is 0 Å². The van der Waals surface area contributed by atoms with E-state index in [1.807, 2.05) is 0 Å².